The van der Waals surface area contributed by atoms with Crippen LogP contribution in [0.25, 0.3) is 16.9 Å². The lowest BCUT2D eigenvalue weighted by atomic mass is 9.84. The molecule has 17 nitrogen and oxygen atoms in total. The number of carbonyl (C=O) groups excluding carboxylic acids is 1. The molecule has 8 aromatic rings. The van der Waals surface area contributed by atoms with Gasteiger partial charge < -0.3 is 25.9 Å². The molecule has 0 saturated heterocycles. The lowest BCUT2D eigenvalue weighted by molar-refractivity contribution is -0.119. The molecule has 0 aromatic carbocycles. The standard InChI is InChI=1S/C21H22N6.C13H15BrN4O.C8H10N2.C5H5ClN2.C3H7BO2/c1-11-10-22-12(2)20-24-19(25-27(11)20)17-9-16(17)18-13(3)26-8-4-5-15(14-6-7-14)21(26)23-18;1-6-5-15-8(3)13-16-12(17-18(6)13)10-4-9(10)11(19)7(2)14;9-8-7(6-3-4-6)2-1-5-10-8;6-4-2-1-3-8-5(4)7;5-4(6)3-1-2-3/h4-5,8,10,14,16-17H,6-7,9H2,1-3H3;5,7,9-10H,4H2,1-3H3;1-2,5-6H,3-4H2,(H2,9,10);1-3H,(H2,7,8);3,5-6H,1-2H2. The molecule has 0 radical (unpaired) electrons. The van der Waals surface area contributed by atoms with Crippen molar-refractivity contribution in [3.05, 3.63) is 129 Å². The number of aryl methyl sites for hydroxylation is 5. The van der Waals surface area contributed by atoms with Crippen LogP contribution in [0.1, 0.15) is 145 Å². The molecule has 0 aliphatic heterocycles. The maximum atomic E-state index is 11.9. The Morgan fingerprint density at radius 1 is 0.714 bits per heavy atom. The number of rotatable bonds is 8. The number of ketones is 1. The first kappa shape index (κ1) is 49.1. The minimum atomic E-state index is -1.04. The van der Waals surface area contributed by atoms with Crippen molar-refractivity contribution in [3.63, 3.8) is 0 Å². The van der Waals surface area contributed by atoms with Gasteiger partial charge in [-0.3, -0.25) is 14.8 Å². The Balaban J connectivity index is 0.000000122. The molecule has 13 rings (SSSR count). The Morgan fingerprint density at radius 3 is 1.76 bits per heavy atom. The van der Waals surface area contributed by atoms with Crippen LogP contribution < -0.4 is 11.5 Å². The van der Waals surface area contributed by atoms with Crippen molar-refractivity contribution in [2.75, 3.05) is 11.5 Å². The predicted molar refractivity (Wildman–Crippen MR) is 274 cm³/mol. The minimum Gasteiger partial charge on any atom is -0.427 e. The van der Waals surface area contributed by atoms with Gasteiger partial charge in [-0.1, -0.05) is 52.5 Å². The van der Waals surface area contributed by atoms with Gasteiger partial charge in [-0.2, -0.15) is 10.2 Å². The van der Waals surface area contributed by atoms with Gasteiger partial charge in [0.1, 0.15) is 23.1 Å². The van der Waals surface area contributed by atoms with E-state index < -0.39 is 7.12 Å². The van der Waals surface area contributed by atoms with Gasteiger partial charge in [0.25, 0.3) is 0 Å². The number of halogens is 2. The predicted octanol–water partition coefficient (Wildman–Crippen LogP) is 8.52. The number of imidazole rings is 1. The zero-order valence-electron chi connectivity index (χ0n) is 40.3. The Bertz CT molecular complexity index is 3080. The number of anilines is 2. The van der Waals surface area contributed by atoms with Crippen LogP contribution in [0.3, 0.4) is 0 Å². The molecule has 8 heterocycles. The van der Waals surface area contributed by atoms with Crippen molar-refractivity contribution in [1.29, 1.82) is 0 Å². The van der Waals surface area contributed by atoms with Crippen molar-refractivity contribution >= 4 is 69.0 Å². The van der Waals surface area contributed by atoms with Gasteiger partial charge >= 0.3 is 7.12 Å². The highest BCUT2D eigenvalue weighted by molar-refractivity contribution is 9.10. The zero-order valence-corrected chi connectivity index (χ0v) is 42.6. The summed E-state index contributed by atoms with van der Waals surface area (Å²) in [6.45, 7) is 11.9. The van der Waals surface area contributed by atoms with Crippen LogP contribution >= 0.6 is 27.5 Å². The summed E-state index contributed by atoms with van der Waals surface area (Å²) in [6, 6.07) is 11.9. The van der Waals surface area contributed by atoms with Crippen LogP contribution in [-0.2, 0) is 4.79 Å². The van der Waals surface area contributed by atoms with Crippen molar-refractivity contribution in [2.24, 2.45) is 5.92 Å². The Labute approximate surface area is 420 Å². The highest BCUT2D eigenvalue weighted by Gasteiger charge is 2.48. The zero-order chi connectivity index (χ0) is 49.5. The van der Waals surface area contributed by atoms with E-state index in [0.717, 1.165) is 77.0 Å². The van der Waals surface area contributed by atoms with Crippen LogP contribution in [0, 0.1) is 40.5 Å². The molecule has 5 atom stereocenters. The molecule has 5 saturated carbocycles. The molecule has 0 spiro atoms. The molecule has 5 aliphatic carbocycles. The Hall–Kier alpha value is -5.89. The summed E-state index contributed by atoms with van der Waals surface area (Å²) in [6.07, 6.45) is 18.2. The molecule has 5 unspecified atom stereocenters. The molecular weight excluding hydrogens is 971 g/mol. The van der Waals surface area contributed by atoms with Gasteiger partial charge in [0.2, 0.25) is 0 Å². The van der Waals surface area contributed by atoms with E-state index in [4.69, 9.17) is 48.2 Å². The first-order chi connectivity index (χ1) is 33.6. The van der Waals surface area contributed by atoms with Crippen LogP contribution in [0.4, 0.5) is 11.6 Å². The van der Waals surface area contributed by atoms with Crippen molar-refractivity contribution in [1.82, 2.24) is 58.5 Å². The normalized spacial score (nSPS) is 20.2. The second kappa shape index (κ2) is 20.5. The first-order valence-electron chi connectivity index (χ1n) is 24.0. The maximum absolute atomic E-state index is 11.9. The monoisotopic (exact) mass is 1030 g/mol. The number of nitrogens with two attached hydrogens (primary N) is 2. The number of fused-ring (bicyclic) bond motifs is 3. The maximum Gasteiger partial charge on any atom is 0.454 e. The summed E-state index contributed by atoms with van der Waals surface area (Å²) in [5.41, 5.74) is 22.6. The summed E-state index contributed by atoms with van der Waals surface area (Å²) in [7, 11) is -1.04. The number of nitrogen functional groups attached to an aromatic ring is 2. The molecule has 364 valence electrons. The number of pyridine rings is 3. The fourth-order valence-electron chi connectivity index (χ4n) is 8.66. The number of carbonyl (C=O) groups is 1. The Kier molecular flexibility index (Phi) is 14.3. The summed E-state index contributed by atoms with van der Waals surface area (Å²) >= 11 is 8.85. The van der Waals surface area contributed by atoms with Crippen molar-refractivity contribution < 1.29 is 14.8 Å². The van der Waals surface area contributed by atoms with E-state index in [0.29, 0.717) is 40.3 Å². The quantitative estimate of drug-likeness (QED) is 0.0825. The smallest absolute Gasteiger partial charge is 0.427 e. The summed E-state index contributed by atoms with van der Waals surface area (Å²) in [4.78, 5) is 42.7. The molecule has 0 amide bonds. The van der Waals surface area contributed by atoms with Gasteiger partial charge in [0.15, 0.2) is 22.9 Å². The highest BCUT2D eigenvalue weighted by Crippen LogP contribution is 2.55. The van der Waals surface area contributed by atoms with E-state index >= 15 is 0 Å². The number of hydrogen-bond donors (Lipinski definition) is 4. The largest absolute Gasteiger partial charge is 0.454 e. The number of Topliss-reactive ketones (excluding diaryl/α,β-unsaturated/α-hetero) is 1. The van der Waals surface area contributed by atoms with Gasteiger partial charge in [-0.25, -0.2) is 34.0 Å². The van der Waals surface area contributed by atoms with E-state index in [1.807, 2.05) is 55.9 Å². The average molecular weight is 1030 g/mol. The summed E-state index contributed by atoms with van der Waals surface area (Å²) in [5, 5.41) is 26.3. The van der Waals surface area contributed by atoms with E-state index in [1.165, 1.54) is 48.2 Å². The molecule has 0 bridgehead atoms. The van der Waals surface area contributed by atoms with Crippen LogP contribution in [-0.4, -0.2) is 86.3 Å². The number of alkyl halides is 1. The minimum absolute atomic E-state index is 0.0698. The molecule has 8 aromatic heterocycles. The Morgan fingerprint density at radius 2 is 1.27 bits per heavy atom. The molecule has 6 N–H and O–H groups in total. The summed E-state index contributed by atoms with van der Waals surface area (Å²) in [5.74, 6) is 5.69. The van der Waals surface area contributed by atoms with Gasteiger partial charge in [0.05, 0.1) is 38.3 Å². The SMILES string of the molecule is Cc1ncc(C)n2nc(C3CC3C(=O)C(C)Br)nc12.Cc1ncc(C)n2nc(C3CC3c3nc4c(C5CC5)cccn4c3C)nc12.Nc1ncccc1C1CC1.Nc1ncccc1Cl.OB(O)C1CC1. The second-order valence-electron chi connectivity index (χ2n) is 19.2. The summed E-state index contributed by atoms with van der Waals surface area (Å²) < 4.78 is 6.01. The first-order valence-corrected chi connectivity index (χ1v) is 25.3. The number of nitrogens with zero attached hydrogens (tertiary/aromatic N) is 12. The van der Waals surface area contributed by atoms with Gasteiger partial charge in [0, 0.05) is 60.3 Å². The number of hydrogen-bond acceptors (Lipinski definition) is 14. The third kappa shape index (κ3) is 11.0. The van der Waals surface area contributed by atoms with E-state index in [-0.39, 0.29) is 28.3 Å². The fourth-order valence-corrected chi connectivity index (χ4v) is 9.12. The van der Waals surface area contributed by atoms with E-state index in [9.17, 15) is 4.79 Å². The van der Waals surface area contributed by atoms with Gasteiger partial charge in [-0.15, -0.1) is 0 Å². The lowest BCUT2D eigenvalue weighted by Gasteiger charge is -2.01. The highest BCUT2D eigenvalue weighted by atomic mass is 79.9. The molecule has 70 heavy (non-hydrogen) atoms. The van der Waals surface area contributed by atoms with Gasteiger partial charge in [-0.05, 0) is 133 Å². The van der Waals surface area contributed by atoms with Crippen LogP contribution in [0.2, 0.25) is 10.8 Å². The fraction of sp³-hybridized carbons (Fsp3) is 0.440. The third-order valence-electron chi connectivity index (χ3n) is 13.5. The van der Waals surface area contributed by atoms with Crippen LogP contribution in [0.5, 0.6) is 0 Å². The lowest BCUT2D eigenvalue weighted by Crippen LogP contribution is -2.12. The topological polar surface area (TPSA) is 239 Å². The molecule has 5 aliphatic rings. The van der Waals surface area contributed by atoms with Crippen molar-refractivity contribution in [3.8, 4) is 0 Å². The average Bonchev–Trinajstić information content (AvgIpc) is 4.11. The van der Waals surface area contributed by atoms with E-state index in [2.05, 4.69) is 81.7 Å². The molecule has 5 fully saturated rings. The second-order valence-corrected chi connectivity index (χ2v) is 21.0. The van der Waals surface area contributed by atoms with Crippen molar-refractivity contribution in [2.45, 2.75) is 133 Å². The number of aromatic nitrogens is 12. The molecular formula is C50H59BBrClN14O3. The molecule has 20 heteroatoms. The van der Waals surface area contributed by atoms with E-state index in [1.54, 1.807) is 30.7 Å². The third-order valence-corrected chi connectivity index (χ3v) is 14.3. The van der Waals surface area contributed by atoms with Crippen LogP contribution in [0.15, 0.2) is 67.4 Å².